The number of benzene rings is 1. The Bertz CT molecular complexity index is 325. The van der Waals surface area contributed by atoms with Crippen LogP contribution in [0.15, 0.2) is 24.3 Å². The summed E-state index contributed by atoms with van der Waals surface area (Å²) >= 11 is 8.57. The van der Waals surface area contributed by atoms with Gasteiger partial charge in [-0.2, -0.15) is 0 Å². The molecule has 2 rings (SSSR count). The monoisotopic (exact) mass is 348 g/mol. The molecule has 0 nitrogen and oxygen atoms in total. The summed E-state index contributed by atoms with van der Waals surface area (Å²) in [5.41, 5.74) is 1.83. The van der Waals surface area contributed by atoms with Gasteiger partial charge in [0, 0.05) is 9.45 Å². The zero-order valence-corrected chi connectivity index (χ0v) is 12.4. The summed E-state index contributed by atoms with van der Waals surface area (Å²) in [6.07, 6.45) is 7.89. The highest BCUT2D eigenvalue weighted by atomic mass is 127. The molecule has 1 aliphatic carbocycles. The second-order valence-corrected chi connectivity index (χ2v) is 6.51. The van der Waals surface area contributed by atoms with Gasteiger partial charge in [0.1, 0.15) is 0 Å². The van der Waals surface area contributed by atoms with Gasteiger partial charge in [-0.3, -0.25) is 0 Å². The lowest BCUT2D eigenvalue weighted by molar-refractivity contribution is 0.219. The van der Waals surface area contributed by atoms with E-state index < -0.39 is 0 Å². The van der Waals surface area contributed by atoms with Crippen LogP contribution in [-0.4, -0.2) is 5.88 Å². The summed E-state index contributed by atoms with van der Waals surface area (Å²) in [6.45, 7) is 0. The van der Waals surface area contributed by atoms with Gasteiger partial charge in [-0.1, -0.05) is 31.4 Å². The third-order valence-corrected chi connectivity index (χ3v) is 4.98. The van der Waals surface area contributed by atoms with Crippen LogP contribution in [0.25, 0.3) is 0 Å². The van der Waals surface area contributed by atoms with Crippen LogP contribution < -0.4 is 0 Å². The molecule has 88 valence electrons. The molecule has 0 atom stereocenters. The minimum absolute atomic E-state index is 0.382. The standard InChI is InChI=1S/C14H18ClI/c15-11-14(8-2-1-3-9-14)10-12-4-6-13(16)7-5-12/h4-7H,1-3,8-11H2. The number of rotatable bonds is 3. The van der Waals surface area contributed by atoms with Gasteiger partial charge in [-0.25, -0.2) is 0 Å². The van der Waals surface area contributed by atoms with Crippen molar-refractivity contribution >= 4 is 34.2 Å². The molecular weight excluding hydrogens is 331 g/mol. The molecule has 1 saturated carbocycles. The van der Waals surface area contributed by atoms with Crippen molar-refractivity contribution in [2.45, 2.75) is 38.5 Å². The minimum atomic E-state index is 0.382. The average Bonchev–Trinajstić information content (AvgIpc) is 2.33. The van der Waals surface area contributed by atoms with Crippen molar-refractivity contribution in [1.29, 1.82) is 0 Å². The Morgan fingerprint density at radius 2 is 1.69 bits per heavy atom. The molecule has 0 N–H and O–H groups in total. The first-order chi connectivity index (χ1) is 7.74. The quantitative estimate of drug-likeness (QED) is 0.531. The zero-order chi connectivity index (χ0) is 11.4. The highest BCUT2D eigenvalue weighted by Gasteiger charge is 2.31. The molecule has 0 radical (unpaired) electrons. The maximum atomic E-state index is 6.22. The first-order valence-corrected chi connectivity index (χ1v) is 7.66. The largest absolute Gasteiger partial charge is 0.126 e. The van der Waals surface area contributed by atoms with Crippen LogP contribution in [0.2, 0.25) is 0 Å². The Labute approximate surface area is 117 Å². The Morgan fingerprint density at radius 1 is 1.06 bits per heavy atom. The van der Waals surface area contributed by atoms with Crippen molar-refractivity contribution in [2.75, 3.05) is 5.88 Å². The van der Waals surface area contributed by atoms with E-state index in [1.165, 1.54) is 41.2 Å². The summed E-state index contributed by atoms with van der Waals surface area (Å²) in [6, 6.07) is 8.90. The van der Waals surface area contributed by atoms with Crippen LogP contribution in [-0.2, 0) is 6.42 Å². The molecule has 0 spiro atoms. The lowest BCUT2D eigenvalue weighted by Gasteiger charge is -2.35. The van der Waals surface area contributed by atoms with Gasteiger partial charge in [0.2, 0.25) is 0 Å². The molecule has 1 aromatic rings. The van der Waals surface area contributed by atoms with E-state index in [0.717, 1.165) is 12.3 Å². The third-order valence-electron chi connectivity index (χ3n) is 3.69. The maximum Gasteiger partial charge on any atom is 0.0283 e. The van der Waals surface area contributed by atoms with E-state index in [1.54, 1.807) is 0 Å². The van der Waals surface area contributed by atoms with Crippen LogP contribution in [0.5, 0.6) is 0 Å². The van der Waals surface area contributed by atoms with E-state index in [-0.39, 0.29) is 0 Å². The normalized spacial score (nSPS) is 19.6. The van der Waals surface area contributed by atoms with Crippen LogP contribution >= 0.6 is 34.2 Å². The molecule has 0 unspecified atom stereocenters. The molecule has 1 fully saturated rings. The van der Waals surface area contributed by atoms with Crippen molar-refractivity contribution in [3.05, 3.63) is 33.4 Å². The molecule has 1 aliphatic rings. The molecule has 1 aromatic carbocycles. The first kappa shape index (κ1) is 12.7. The highest BCUT2D eigenvalue weighted by Crippen LogP contribution is 2.40. The van der Waals surface area contributed by atoms with E-state index in [0.29, 0.717) is 5.41 Å². The summed E-state index contributed by atoms with van der Waals surface area (Å²) in [7, 11) is 0. The van der Waals surface area contributed by atoms with Gasteiger partial charge in [0.25, 0.3) is 0 Å². The third kappa shape index (κ3) is 3.13. The van der Waals surface area contributed by atoms with Gasteiger partial charge in [-0.05, 0) is 65.0 Å². The SMILES string of the molecule is ClCC1(Cc2ccc(I)cc2)CCCCC1. The van der Waals surface area contributed by atoms with Gasteiger partial charge in [-0.15, -0.1) is 11.6 Å². The summed E-state index contributed by atoms with van der Waals surface area (Å²) in [5, 5.41) is 0. The predicted molar refractivity (Wildman–Crippen MR) is 79.1 cm³/mol. The molecule has 2 heteroatoms. The minimum Gasteiger partial charge on any atom is -0.126 e. The van der Waals surface area contributed by atoms with Gasteiger partial charge < -0.3 is 0 Å². The lowest BCUT2D eigenvalue weighted by atomic mass is 9.72. The molecule has 0 aliphatic heterocycles. The lowest BCUT2D eigenvalue weighted by Crippen LogP contribution is -2.28. The summed E-state index contributed by atoms with van der Waals surface area (Å²) in [5.74, 6) is 0.818. The van der Waals surface area contributed by atoms with Crippen molar-refractivity contribution in [2.24, 2.45) is 5.41 Å². The number of hydrogen-bond donors (Lipinski definition) is 0. The number of halogens is 2. The van der Waals surface area contributed by atoms with E-state index in [1.807, 2.05) is 0 Å². The first-order valence-electron chi connectivity index (χ1n) is 6.05. The van der Waals surface area contributed by atoms with Gasteiger partial charge in [0.05, 0.1) is 0 Å². The van der Waals surface area contributed by atoms with E-state index in [2.05, 4.69) is 46.9 Å². The second kappa shape index (κ2) is 5.72. The predicted octanol–water partition coefficient (Wildman–Crippen LogP) is 5.02. The van der Waals surface area contributed by atoms with Crippen LogP contribution in [0.4, 0.5) is 0 Å². The van der Waals surface area contributed by atoms with Gasteiger partial charge in [0.15, 0.2) is 0 Å². The number of alkyl halides is 1. The smallest absolute Gasteiger partial charge is 0.0283 e. The topological polar surface area (TPSA) is 0 Å². The summed E-state index contributed by atoms with van der Waals surface area (Å²) < 4.78 is 1.31. The van der Waals surface area contributed by atoms with Crippen molar-refractivity contribution in [1.82, 2.24) is 0 Å². The number of hydrogen-bond acceptors (Lipinski definition) is 0. The average molecular weight is 349 g/mol. The Kier molecular flexibility index (Phi) is 4.54. The zero-order valence-electron chi connectivity index (χ0n) is 9.52. The highest BCUT2D eigenvalue weighted by molar-refractivity contribution is 14.1. The Hall–Kier alpha value is 0.240. The van der Waals surface area contributed by atoms with Crippen LogP contribution in [0.1, 0.15) is 37.7 Å². The van der Waals surface area contributed by atoms with E-state index >= 15 is 0 Å². The molecule has 0 heterocycles. The second-order valence-electron chi connectivity index (χ2n) is 5.00. The maximum absolute atomic E-state index is 6.22. The fraction of sp³-hybridized carbons (Fsp3) is 0.571. The Morgan fingerprint density at radius 3 is 2.25 bits per heavy atom. The molecule has 0 bridgehead atoms. The fourth-order valence-electron chi connectivity index (χ4n) is 2.69. The summed E-state index contributed by atoms with van der Waals surface area (Å²) in [4.78, 5) is 0. The van der Waals surface area contributed by atoms with Crippen molar-refractivity contribution in [3.8, 4) is 0 Å². The fourth-order valence-corrected chi connectivity index (χ4v) is 3.42. The molecule has 0 amide bonds. The van der Waals surface area contributed by atoms with Crippen molar-refractivity contribution < 1.29 is 0 Å². The molecule has 16 heavy (non-hydrogen) atoms. The molecule has 0 aromatic heterocycles. The molecular formula is C14H18ClI. The van der Waals surface area contributed by atoms with Crippen LogP contribution in [0, 0.1) is 8.99 Å². The van der Waals surface area contributed by atoms with Crippen molar-refractivity contribution in [3.63, 3.8) is 0 Å². The van der Waals surface area contributed by atoms with E-state index in [9.17, 15) is 0 Å². The molecule has 0 saturated heterocycles. The Balaban J connectivity index is 2.08. The van der Waals surface area contributed by atoms with E-state index in [4.69, 9.17) is 11.6 Å². The van der Waals surface area contributed by atoms with Crippen LogP contribution in [0.3, 0.4) is 0 Å². The van der Waals surface area contributed by atoms with Gasteiger partial charge >= 0.3 is 0 Å².